The Bertz CT molecular complexity index is 1360. The SMILES string of the molecule is FC(F)(F)c1ccc(COc2n[nH]c(-c3ccc(C4CC[CH]CC4)cc3)c2Cc2ccc(C(F)(F)F)o2)o1. The molecule has 1 aliphatic rings. The Balaban J connectivity index is 1.42. The molecule has 1 aromatic carbocycles. The first-order chi connectivity index (χ1) is 18.1. The van der Waals surface area contributed by atoms with Gasteiger partial charge in [-0.25, -0.2) is 0 Å². The van der Waals surface area contributed by atoms with Crippen LogP contribution in [0.25, 0.3) is 11.3 Å². The van der Waals surface area contributed by atoms with Crippen molar-refractivity contribution in [1.82, 2.24) is 10.2 Å². The number of alkyl halides is 6. The van der Waals surface area contributed by atoms with Gasteiger partial charge in [-0.05, 0) is 73.4 Å². The maximum Gasteiger partial charge on any atom is 0.449 e. The fourth-order valence-corrected chi connectivity index (χ4v) is 4.60. The Labute approximate surface area is 213 Å². The molecule has 1 N–H and O–H groups in total. The molecular formula is C27H23F6N2O3. The van der Waals surface area contributed by atoms with E-state index in [0.717, 1.165) is 49.4 Å². The summed E-state index contributed by atoms with van der Waals surface area (Å²) < 4.78 is 93.2. The third-order valence-electron chi connectivity index (χ3n) is 6.52. The van der Waals surface area contributed by atoms with Gasteiger partial charge < -0.3 is 13.6 Å². The number of hydrogen-bond donors (Lipinski definition) is 1. The fourth-order valence-electron chi connectivity index (χ4n) is 4.60. The van der Waals surface area contributed by atoms with Crippen molar-refractivity contribution in [3.05, 3.63) is 89.1 Å². The second-order valence-electron chi connectivity index (χ2n) is 9.14. The van der Waals surface area contributed by atoms with Crippen molar-refractivity contribution >= 4 is 0 Å². The zero-order valence-electron chi connectivity index (χ0n) is 20.0. The minimum atomic E-state index is -4.64. The Morgan fingerprint density at radius 3 is 2.03 bits per heavy atom. The molecule has 4 aromatic rings. The highest BCUT2D eigenvalue weighted by Crippen LogP contribution is 2.37. The Hall–Kier alpha value is -3.63. The molecule has 38 heavy (non-hydrogen) atoms. The van der Waals surface area contributed by atoms with Crippen molar-refractivity contribution < 1.29 is 39.9 Å². The van der Waals surface area contributed by atoms with E-state index in [9.17, 15) is 26.3 Å². The average molecular weight is 537 g/mol. The summed E-state index contributed by atoms with van der Waals surface area (Å²) >= 11 is 0. The van der Waals surface area contributed by atoms with Crippen LogP contribution < -0.4 is 4.74 Å². The number of benzene rings is 1. The standard InChI is InChI=1S/C27H23F6N2O3/c28-26(29,30)22-12-10-19(37-22)14-21-24(18-8-6-17(7-9-18)16-4-2-1-3-5-16)34-35-25(21)36-15-20-11-13-23(38-20)27(31,32)33/h1,6-13,16H,2-5,14-15H2,(H,34,35). The van der Waals surface area contributed by atoms with Crippen LogP contribution in [-0.4, -0.2) is 10.2 Å². The van der Waals surface area contributed by atoms with Gasteiger partial charge in [0.15, 0.2) is 0 Å². The van der Waals surface area contributed by atoms with Gasteiger partial charge in [0, 0.05) is 12.0 Å². The van der Waals surface area contributed by atoms with Crippen LogP contribution in [0.2, 0.25) is 0 Å². The largest absolute Gasteiger partial charge is 0.468 e. The second-order valence-corrected chi connectivity index (χ2v) is 9.14. The summed E-state index contributed by atoms with van der Waals surface area (Å²) in [5.74, 6) is -1.87. The van der Waals surface area contributed by atoms with Crippen LogP contribution in [0.1, 0.15) is 65.8 Å². The van der Waals surface area contributed by atoms with E-state index in [4.69, 9.17) is 13.6 Å². The fraction of sp³-hybridized carbons (Fsp3) is 0.333. The average Bonchev–Trinajstić information content (AvgIpc) is 3.64. The van der Waals surface area contributed by atoms with Crippen molar-refractivity contribution in [1.29, 1.82) is 0 Å². The number of hydrogen-bond acceptors (Lipinski definition) is 4. The first kappa shape index (κ1) is 26.0. The Morgan fingerprint density at radius 1 is 0.816 bits per heavy atom. The monoisotopic (exact) mass is 537 g/mol. The summed E-state index contributed by atoms with van der Waals surface area (Å²) in [4.78, 5) is 0. The lowest BCUT2D eigenvalue weighted by molar-refractivity contribution is -0.154. The Kier molecular flexibility index (Phi) is 7.02. The van der Waals surface area contributed by atoms with Gasteiger partial charge in [0.05, 0.1) is 5.69 Å². The van der Waals surface area contributed by atoms with Gasteiger partial charge in [-0.2, -0.15) is 26.3 Å². The number of rotatable bonds is 7. The number of nitrogens with zero attached hydrogens (tertiary/aromatic N) is 1. The van der Waals surface area contributed by atoms with E-state index in [1.807, 2.05) is 24.3 Å². The maximum atomic E-state index is 13.1. The minimum Gasteiger partial charge on any atom is -0.468 e. The van der Waals surface area contributed by atoms with Crippen LogP contribution in [0.5, 0.6) is 5.88 Å². The first-order valence-corrected chi connectivity index (χ1v) is 12.0. The summed E-state index contributed by atoms with van der Waals surface area (Å²) in [6, 6.07) is 11.8. The van der Waals surface area contributed by atoms with Crippen LogP contribution in [0.15, 0.2) is 57.4 Å². The van der Waals surface area contributed by atoms with Gasteiger partial charge in [0.2, 0.25) is 17.4 Å². The number of nitrogens with one attached hydrogen (secondary N) is 1. The molecule has 1 aliphatic carbocycles. The molecule has 0 saturated heterocycles. The quantitative estimate of drug-likeness (QED) is 0.241. The molecule has 201 valence electrons. The summed E-state index contributed by atoms with van der Waals surface area (Å²) in [6.07, 6.45) is -2.79. The number of aromatic nitrogens is 2. The summed E-state index contributed by atoms with van der Waals surface area (Å²) in [7, 11) is 0. The first-order valence-electron chi connectivity index (χ1n) is 12.0. The highest BCUT2D eigenvalue weighted by atomic mass is 19.4. The molecule has 5 nitrogen and oxygen atoms in total. The second kappa shape index (κ2) is 10.3. The van der Waals surface area contributed by atoms with Crippen LogP contribution in [0.3, 0.4) is 0 Å². The lowest BCUT2D eigenvalue weighted by atomic mass is 9.84. The van der Waals surface area contributed by atoms with Crippen LogP contribution >= 0.6 is 0 Å². The van der Waals surface area contributed by atoms with Crippen molar-refractivity contribution in [2.45, 2.75) is 57.0 Å². The molecule has 0 unspecified atom stereocenters. The maximum absolute atomic E-state index is 13.1. The molecule has 11 heteroatoms. The molecule has 0 aliphatic heterocycles. The number of furan rings is 2. The topological polar surface area (TPSA) is 64.2 Å². The van der Waals surface area contributed by atoms with Crippen LogP contribution in [0.4, 0.5) is 26.3 Å². The third-order valence-corrected chi connectivity index (χ3v) is 6.52. The molecule has 0 amide bonds. The molecule has 0 spiro atoms. The molecule has 3 aromatic heterocycles. The van der Waals surface area contributed by atoms with Gasteiger partial charge in [-0.3, -0.25) is 5.10 Å². The summed E-state index contributed by atoms with van der Waals surface area (Å²) in [6.45, 7) is -0.364. The normalized spacial score (nSPS) is 15.2. The number of H-pyrrole nitrogens is 1. The van der Waals surface area contributed by atoms with E-state index in [2.05, 4.69) is 16.6 Å². The molecule has 0 bridgehead atoms. The molecule has 0 atom stereocenters. The number of ether oxygens (including phenoxy) is 1. The zero-order chi connectivity index (χ0) is 26.9. The zero-order valence-corrected chi connectivity index (χ0v) is 20.0. The van der Waals surface area contributed by atoms with Gasteiger partial charge in [0.1, 0.15) is 18.1 Å². The van der Waals surface area contributed by atoms with E-state index in [0.29, 0.717) is 17.2 Å². The predicted octanol–water partition coefficient (Wildman–Crippen LogP) is 8.33. The molecule has 3 heterocycles. The van der Waals surface area contributed by atoms with Crippen LogP contribution in [0, 0.1) is 6.42 Å². The molecule has 5 rings (SSSR count). The Morgan fingerprint density at radius 2 is 1.42 bits per heavy atom. The smallest absolute Gasteiger partial charge is 0.449 e. The number of halogens is 6. The third kappa shape index (κ3) is 5.76. The van der Waals surface area contributed by atoms with Gasteiger partial charge in [-0.15, -0.1) is 5.10 Å². The highest BCUT2D eigenvalue weighted by molar-refractivity contribution is 5.66. The lowest BCUT2D eigenvalue weighted by Crippen LogP contribution is -2.04. The van der Waals surface area contributed by atoms with Crippen LogP contribution in [-0.2, 0) is 25.4 Å². The summed E-state index contributed by atoms with van der Waals surface area (Å²) in [5, 5.41) is 7.01. The van der Waals surface area contributed by atoms with Crippen molar-refractivity contribution in [2.24, 2.45) is 0 Å². The van der Waals surface area contributed by atoms with Crippen molar-refractivity contribution in [3.8, 4) is 17.1 Å². The number of aromatic amines is 1. The highest BCUT2D eigenvalue weighted by Gasteiger charge is 2.36. The molecule has 1 saturated carbocycles. The van der Waals surface area contributed by atoms with Gasteiger partial charge >= 0.3 is 12.4 Å². The van der Waals surface area contributed by atoms with Gasteiger partial charge in [-0.1, -0.05) is 24.3 Å². The van der Waals surface area contributed by atoms with E-state index < -0.39 is 23.9 Å². The van der Waals surface area contributed by atoms with Crippen molar-refractivity contribution in [2.75, 3.05) is 0 Å². The van der Waals surface area contributed by atoms with Crippen molar-refractivity contribution in [3.63, 3.8) is 0 Å². The predicted molar refractivity (Wildman–Crippen MR) is 124 cm³/mol. The van der Waals surface area contributed by atoms with E-state index in [1.165, 1.54) is 11.6 Å². The molecule has 1 fully saturated rings. The summed E-state index contributed by atoms with van der Waals surface area (Å²) in [5.41, 5.74) is 2.84. The van der Waals surface area contributed by atoms with Gasteiger partial charge in [0.25, 0.3) is 0 Å². The lowest BCUT2D eigenvalue weighted by Gasteiger charge is -2.21. The van der Waals surface area contributed by atoms with E-state index in [-0.39, 0.29) is 30.4 Å². The van der Waals surface area contributed by atoms with E-state index in [1.54, 1.807) is 0 Å². The molecular weight excluding hydrogens is 514 g/mol. The van der Waals surface area contributed by atoms with E-state index >= 15 is 0 Å². The minimum absolute atomic E-state index is 0.0156. The molecule has 1 radical (unpaired) electrons.